The first-order chi connectivity index (χ1) is 13.6. The molecule has 0 radical (unpaired) electrons. The predicted molar refractivity (Wildman–Crippen MR) is 101 cm³/mol. The molecule has 1 aliphatic heterocycles. The maximum Gasteiger partial charge on any atom is 0.253 e. The molecule has 1 aromatic heterocycles. The third-order valence-electron chi connectivity index (χ3n) is 4.92. The molecule has 3 aromatic rings. The standard InChI is InChI=1S/C21H20FN3O3/c1-27-18-6-2-4-15(12-18)19-23-20(28-24-19)16-5-3-11-25(13-16)21(26)14-7-9-17(22)10-8-14/h2,4,6-10,12,16H,3,5,11,13H2,1H3/t16-/m1/s1. The van der Waals surface area contributed by atoms with Crippen molar-refractivity contribution in [1.82, 2.24) is 15.0 Å². The monoisotopic (exact) mass is 381 g/mol. The average Bonchev–Trinajstić information content (AvgIpc) is 3.24. The van der Waals surface area contributed by atoms with Gasteiger partial charge in [-0.25, -0.2) is 4.39 Å². The van der Waals surface area contributed by atoms with Crippen LogP contribution in [0.5, 0.6) is 5.75 Å². The Balaban J connectivity index is 1.49. The number of rotatable bonds is 4. The van der Waals surface area contributed by atoms with Gasteiger partial charge in [-0.3, -0.25) is 4.79 Å². The van der Waals surface area contributed by atoms with E-state index in [1.54, 1.807) is 12.0 Å². The number of hydrogen-bond donors (Lipinski definition) is 0. The Kier molecular flexibility index (Phi) is 5.06. The van der Waals surface area contributed by atoms with E-state index in [-0.39, 0.29) is 17.6 Å². The summed E-state index contributed by atoms with van der Waals surface area (Å²) in [6, 6.07) is 13.1. The molecular formula is C21H20FN3O3. The summed E-state index contributed by atoms with van der Waals surface area (Å²) in [4.78, 5) is 19.0. The van der Waals surface area contributed by atoms with Crippen LogP contribution in [0.3, 0.4) is 0 Å². The van der Waals surface area contributed by atoms with Gasteiger partial charge in [0, 0.05) is 24.2 Å². The Hall–Kier alpha value is -3.22. The topological polar surface area (TPSA) is 68.5 Å². The molecule has 0 aliphatic carbocycles. The van der Waals surface area contributed by atoms with Gasteiger partial charge >= 0.3 is 0 Å². The van der Waals surface area contributed by atoms with E-state index in [0.717, 1.165) is 24.2 Å². The van der Waals surface area contributed by atoms with Crippen LogP contribution < -0.4 is 4.74 Å². The molecule has 144 valence electrons. The fourth-order valence-electron chi connectivity index (χ4n) is 3.42. The highest BCUT2D eigenvalue weighted by molar-refractivity contribution is 5.94. The first kappa shape index (κ1) is 18.2. The van der Waals surface area contributed by atoms with Crippen LogP contribution in [0.4, 0.5) is 4.39 Å². The summed E-state index contributed by atoms with van der Waals surface area (Å²) < 4.78 is 23.8. The molecule has 1 aliphatic rings. The molecule has 0 spiro atoms. The average molecular weight is 381 g/mol. The largest absolute Gasteiger partial charge is 0.497 e. The normalized spacial score (nSPS) is 16.8. The minimum absolute atomic E-state index is 0.0231. The highest BCUT2D eigenvalue weighted by Crippen LogP contribution is 2.29. The molecule has 7 heteroatoms. The van der Waals surface area contributed by atoms with Crippen molar-refractivity contribution in [3.8, 4) is 17.1 Å². The van der Waals surface area contributed by atoms with Crippen LogP contribution in [0.1, 0.15) is 35.0 Å². The molecule has 1 fully saturated rings. The number of hydrogen-bond acceptors (Lipinski definition) is 5. The molecule has 1 saturated heterocycles. The molecular weight excluding hydrogens is 361 g/mol. The molecule has 0 bridgehead atoms. The summed E-state index contributed by atoms with van der Waals surface area (Å²) in [5.41, 5.74) is 1.29. The van der Waals surface area contributed by atoms with Crippen molar-refractivity contribution in [1.29, 1.82) is 0 Å². The molecule has 2 aromatic carbocycles. The van der Waals surface area contributed by atoms with Crippen molar-refractivity contribution in [2.75, 3.05) is 20.2 Å². The van der Waals surface area contributed by atoms with E-state index in [1.165, 1.54) is 24.3 Å². The lowest BCUT2D eigenvalue weighted by Gasteiger charge is -2.31. The smallest absolute Gasteiger partial charge is 0.253 e. The number of aromatic nitrogens is 2. The molecule has 2 heterocycles. The summed E-state index contributed by atoms with van der Waals surface area (Å²) in [5.74, 6) is 1.24. The van der Waals surface area contributed by atoms with E-state index in [4.69, 9.17) is 9.26 Å². The summed E-state index contributed by atoms with van der Waals surface area (Å²) in [5, 5.41) is 4.09. The van der Waals surface area contributed by atoms with Gasteiger partial charge in [-0.05, 0) is 49.2 Å². The Morgan fingerprint density at radius 3 is 2.86 bits per heavy atom. The second kappa shape index (κ2) is 7.80. The van der Waals surface area contributed by atoms with Gasteiger partial charge in [0.25, 0.3) is 5.91 Å². The second-order valence-corrected chi connectivity index (χ2v) is 6.79. The molecule has 4 rings (SSSR count). The number of benzene rings is 2. The van der Waals surface area contributed by atoms with Crippen LogP contribution in [0, 0.1) is 5.82 Å². The van der Waals surface area contributed by atoms with Crippen LogP contribution in [0.2, 0.25) is 0 Å². The Labute approximate surface area is 161 Å². The molecule has 1 amide bonds. The number of amides is 1. The number of carbonyl (C=O) groups excluding carboxylic acids is 1. The molecule has 0 unspecified atom stereocenters. The van der Waals surface area contributed by atoms with Gasteiger partial charge in [0.1, 0.15) is 11.6 Å². The van der Waals surface area contributed by atoms with Crippen molar-refractivity contribution < 1.29 is 18.4 Å². The number of carbonyl (C=O) groups is 1. The number of nitrogens with zero attached hydrogens (tertiary/aromatic N) is 3. The number of likely N-dealkylation sites (tertiary alicyclic amines) is 1. The number of ether oxygens (including phenoxy) is 1. The number of halogens is 1. The van der Waals surface area contributed by atoms with E-state index < -0.39 is 0 Å². The van der Waals surface area contributed by atoms with E-state index in [0.29, 0.717) is 30.4 Å². The number of piperidine rings is 1. The molecule has 6 nitrogen and oxygen atoms in total. The minimum atomic E-state index is -0.357. The third-order valence-corrected chi connectivity index (χ3v) is 4.92. The Morgan fingerprint density at radius 1 is 1.25 bits per heavy atom. The van der Waals surface area contributed by atoms with Crippen LogP contribution >= 0.6 is 0 Å². The highest BCUT2D eigenvalue weighted by atomic mass is 19.1. The van der Waals surface area contributed by atoms with Crippen molar-refractivity contribution in [3.63, 3.8) is 0 Å². The van der Waals surface area contributed by atoms with Crippen molar-refractivity contribution in [2.24, 2.45) is 0 Å². The third kappa shape index (κ3) is 3.74. The Bertz CT molecular complexity index is 971. The predicted octanol–water partition coefficient (Wildman–Crippen LogP) is 3.90. The van der Waals surface area contributed by atoms with Crippen LogP contribution in [0.25, 0.3) is 11.4 Å². The van der Waals surface area contributed by atoms with Gasteiger partial charge in [-0.15, -0.1) is 0 Å². The highest BCUT2D eigenvalue weighted by Gasteiger charge is 2.29. The van der Waals surface area contributed by atoms with Gasteiger partial charge in [0.15, 0.2) is 0 Å². The SMILES string of the molecule is COc1cccc(-c2noc([C@@H]3CCCN(C(=O)c4ccc(F)cc4)C3)n2)c1. The minimum Gasteiger partial charge on any atom is -0.497 e. The summed E-state index contributed by atoms with van der Waals surface area (Å²) in [6.45, 7) is 1.15. The quantitative estimate of drug-likeness (QED) is 0.686. The van der Waals surface area contributed by atoms with Gasteiger partial charge in [0.05, 0.1) is 13.0 Å². The van der Waals surface area contributed by atoms with Crippen molar-refractivity contribution >= 4 is 5.91 Å². The molecule has 1 atom stereocenters. The summed E-state index contributed by atoms with van der Waals surface area (Å²) >= 11 is 0. The van der Waals surface area contributed by atoms with Crippen LogP contribution in [0.15, 0.2) is 53.1 Å². The van der Waals surface area contributed by atoms with Crippen molar-refractivity contribution in [2.45, 2.75) is 18.8 Å². The van der Waals surface area contributed by atoms with E-state index in [9.17, 15) is 9.18 Å². The fourth-order valence-corrected chi connectivity index (χ4v) is 3.42. The van der Waals surface area contributed by atoms with Gasteiger partial charge in [-0.2, -0.15) is 4.98 Å². The maximum absolute atomic E-state index is 13.1. The lowest BCUT2D eigenvalue weighted by Crippen LogP contribution is -2.39. The first-order valence-corrected chi connectivity index (χ1v) is 9.17. The first-order valence-electron chi connectivity index (χ1n) is 9.17. The lowest BCUT2D eigenvalue weighted by molar-refractivity contribution is 0.0695. The zero-order valence-electron chi connectivity index (χ0n) is 15.5. The second-order valence-electron chi connectivity index (χ2n) is 6.79. The zero-order valence-corrected chi connectivity index (χ0v) is 15.5. The van der Waals surface area contributed by atoms with Crippen LogP contribution in [-0.2, 0) is 0 Å². The Morgan fingerprint density at radius 2 is 2.07 bits per heavy atom. The van der Waals surface area contributed by atoms with E-state index >= 15 is 0 Å². The molecule has 0 N–H and O–H groups in total. The molecule has 28 heavy (non-hydrogen) atoms. The summed E-state index contributed by atoms with van der Waals surface area (Å²) in [6.07, 6.45) is 1.71. The fraction of sp³-hybridized carbons (Fsp3) is 0.286. The maximum atomic E-state index is 13.1. The lowest BCUT2D eigenvalue weighted by atomic mass is 9.97. The summed E-state index contributed by atoms with van der Waals surface area (Å²) in [7, 11) is 1.61. The van der Waals surface area contributed by atoms with Gasteiger partial charge < -0.3 is 14.2 Å². The van der Waals surface area contributed by atoms with E-state index in [2.05, 4.69) is 10.1 Å². The number of methoxy groups -OCH3 is 1. The van der Waals surface area contributed by atoms with Gasteiger partial charge in [0.2, 0.25) is 11.7 Å². The van der Waals surface area contributed by atoms with Crippen LogP contribution in [-0.4, -0.2) is 41.1 Å². The van der Waals surface area contributed by atoms with Gasteiger partial charge in [-0.1, -0.05) is 17.3 Å². The van der Waals surface area contributed by atoms with Crippen molar-refractivity contribution in [3.05, 3.63) is 65.8 Å². The van der Waals surface area contributed by atoms with E-state index in [1.807, 2.05) is 24.3 Å². The molecule has 0 saturated carbocycles. The zero-order chi connectivity index (χ0) is 19.5.